The van der Waals surface area contributed by atoms with Crippen molar-refractivity contribution in [2.75, 3.05) is 13.3 Å². The van der Waals surface area contributed by atoms with Gasteiger partial charge in [0.05, 0.1) is 0 Å². The molecule has 1 fully saturated rings. The van der Waals surface area contributed by atoms with Crippen LogP contribution in [-0.4, -0.2) is 13.3 Å². The molecule has 0 saturated heterocycles. The Morgan fingerprint density at radius 3 is 2.67 bits per heavy atom. The molecule has 0 nitrogen and oxygen atoms in total. The van der Waals surface area contributed by atoms with Crippen molar-refractivity contribution >= 4 is 14.0 Å². The van der Waals surface area contributed by atoms with Gasteiger partial charge in [0.25, 0.3) is 0 Å². The van der Waals surface area contributed by atoms with Crippen LogP contribution in [0.1, 0.15) is 34.1 Å². The second-order valence-electron chi connectivity index (χ2n) is 6.85. The first kappa shape index (κ1) is 20.6. The van der Waals surface area contributed by atoms with Gasteiger partial charge in [0.2, 0.25) is 0 Å². The van der Waals surface area contributed by atoms with E-state index in [0.29, 0.717) is 0 Å². The maximum atomic E-state index is 2.54. The standard InChI is InChI=1S/C11H12P.C9H11.2ClH.Hf/c1-12(2)11-7-9-5-3-4-6-10(9)8-11;1-2-5-9-7-3-6-8(9)4-1;;;/h3-8H,1-2H3;1-2,4,6,9H,3,5,7H2;2*1H;/q;;;;+2/p-2. The molecule has 3 unspecified atom stereocenters. The first-order chi connectivity index (χ1) is 10.7. The summed E-state index contributed by atoms with van der Waals surface area (Å²) < 4.78 is 1.87. The molecule has 1 saturated carbocycles. The van der Waals surface area contributed by atoms with Crippen LogP contribution in [0.15, 0.2) is 53.4 Å². The minimum atomic E-state index is -0.750. The minimum Gasteiger partial charge on any atom is -1.00 e. The van der Waals surface area contributed by atoms with Gasteiger partial charge in [0.15, 0.2) is 0 Å². The Bertz CT molecular complexity index is 678. The molecule has 4 heteroatoms. The van der Waals surface area contributed by atoms with E-state index in [1.54, 1.807) is 10.9 Å². The van der Waals surface area contributed by atoms with Crippen LogP contribution in [0.2, 0.25) is 3.67 Å². The van der Waals surface area contributed by atoms with E-state index in [0.717, 1.165) is 13.3 Å². The van der Waals surface area contributed by atoms with E-state index >= 15 is 0 Å². The van der Waals surface area contributed by atoms with Crippen molar-refractivity contribution in [3.05, 3.63) is 64.5 Å². The smallest absolute Gasteiger partial charge is 1.00 e. The number of halogens is 2. The number of benzene rings is 1. The monoisotopic (exact) mass is 544 g/mol. The summed E-state index contributed by atoms with van der Waals surface area (Å²) >= 11 is -0.750. The predicted molar refractivity (Wildman–Crippen MR) is 94.2 cm³/mol. The molecule has 0 amide bonds. The zero-order valence-corrected chi connectivity index (χ0v) is 20.2. The molecule has 0 aromatic heterocycles. The Hall–Kier alpha value is 0.320. The van der Waals surface area contributed by atoms with Crippen LogP contribution in [-0.2, 0) is 22.9 Å². The summed E-state index contributed by atoms with van der Waals surface area (Å²) in [6, 6.07) is 9.20. The van der Waals surface area contributed by atoms with Gasteiger partial charge in [-0.2, -0.15) is 0 Å². The average molecular weight is 544 g/mol. The van der Waals surface area contributed by atoms with Crippen molar-refractivity contribution in [1.29, 1.82) is 0 Å². The molecule has 4 rings (SSSR count). The summed E-state index contributed by atoms with van der Waals surface area (Å²) in [5.74, 6) is 0.899. The molecule has 0 aliphatic heterocycles. The fraction of sp³-hybridized carbons (Fsp3) is 0.400. The summed E-state index contributed by atoms with van der Waals surface area (Å²) in [7, 11) is 0.0496. The van der Waals surface area contributed by atoms with Gasteiger partial charge in [0, 0.05) is 0 Å². The minimum absolute atomic E-state index is 0. The molecule has 3 atom stereocenters. The zero-order chi connectivity index (χ0) is 15.1. The van der Waals surface area contributed by atoms with Crippen molar-refractivity contribution < 1.29 is 47.7 Å². The van der Waals surface area contributed by atoms with E-state index in [9.17, 15) is 0 Å². The largest absolute Gasteiger partial charge is 1.00 e. The Kier molecular flexibility index (Phi) is 7.57. The second-order valence-corrected chi connectivity index (χ2v) is 14.9. The van der Waals surface area contributed by atoms with Gasteiger partial charge in [0.1, 0.15) is 0 Å². The number of rotatable bonds is 3. The SMILES string of the molecule is CP(C)C1=Cc2ccccc2[CH]1[Hf+2][CH]1CCC2CC=CC=C21.[Cl-].[Cl-]. The Morgan fingerprint density at radius 2 is 1.88 bits per heavy atom. The average Bonchev–Trinajstić information content (AvgIpc) is 3.10. The van der Waals surface area contributed by atoms with Crippen molar-refractivity contribution in [1.82, 2.24) is 0 Å². The van der Waals surface area contributed by atoms with Gasteiger partial charge in [-0.25, -0.2) is 0 Å². The van der Waals surface area contributed by atoms with E-state index in [2.05, 4.69) is 61.9 Å². The summed E-state index contributed by atoms with van der Waals surface area (Å²) in [5.41, 5.74) is 5.04. The number of hydrogen-bond donors (Lipinski definition) is 0. The van der Waals surface area contributed by atoms with Gasteiger partial charge in [-0.05, 0) is 0 Å². The quantitative estimate of drug-likeness (QED) is 0.372. The topological polar surface area (TPSA) is 0 Å². The van der Waals surface area contributed by atoms with Crippen LogP contribution in [0.25, 0.3) is 6.08 Å². The van der Waals surface area contributed by atoms with E-state index in [1.165, 1.54) is 24.8 Å². The maximum Gasteiger partial charge on any atom is -1.00 e. The normalized spacial score (nSPS) is 26.5. The second kappa shape index (κ2) is 8.81. The number of fused-ring (bicyclic) bond motifs is 2. The van der Waals surface area contributed by atoms with Crippen LogP contribution >= 0.6 is 7.92 Å². The Balaban J connectivity index is 0.00000104. The van der Waals surface area contributed by atoms with Crippen molar-refractivity contribution in [2.24, 2.45) is 5.92 Å². The van der Waals surface area contributed by atoms with Gasteiger partial charge in [-0.1, -0.05) is 0 Å². The molecule has 0 bridgehead atoms. The molecule has 3 aliphatic rings. The zero-order valence-electron chi connectivity index (χ0n) is 14.2. The van der Waals surface area contributed by atoms with Gasteiger partial charge in [-0.15, -0.1) is 0 Å². The molecule has 1 aromatic rings. The molecule has 24 heavy (non-hydrogen) atoms. The summed E-state index contributed by atoms with van der Waals surface area (Å²) in [6.45, 7) is 4.90. The number of hydrogen-bond acceptors (Lipinski definition) is 0. The molecule has 0 spiro atoms. The van der Waals surface area contributed by atoms with Crippen LogP contribution in [0.3, 0.4) is 0 Å². The third kappa shape index (κ3) is 3.85. The molecule has 0 radical (unpaired) electrons. The molecule has 3 aliphatic carbocycles. The molecular formula is C20H23Cl2HfP. The molecule has 1 aromatic carbocycles. The van der Waals surface area contributed by atoms with Crippen LogP contribution < -0.4 is 24.8 Å². The van der Waals surface area contributed by atoms with Crippen molar-refractivity contribution in [3.8, 4) is 0 Å². The molecular weight excluding hydrogens is 521 g/mol. The van der Waals surface area contributed by atoms with Gasteiger partial charge >= 0.3 is 147 Å². The van der Waals surface area contributed by atoms with Crippen LogP contribution in [0.4, 0.5) is 0 Å². The summed E-state index contributed by atoms with van der Waals surface area (Å²) in [6.07, 6.45) is 14.0. The van der Waals surface area contributed by atoms with Gasteiger partial charge < -0.3 is 24.8 Å². The van der Waals surface area contributed by atoms with Crippen LogP contribution in [0, 0.1) is 5.92 Å². The predicted octanol–water partition coefficient (Wildman–Crippen LogP) is -0.001000. The molecule has 0 N–H and O–H groups in total. The number of allylic oxidation sites excluding steroid dienone is 5. The first-order valence-electron chi connectivity index (χ1n) is 8.34. The van der Waals surface area contributed by atoms with Crippen molar-refractivity contribution in [3.63, 3.8) is 0 Å². The van der Waals surface area contributed by atoms with E-state index in [1.807, 2.05) is 5.57 Å². The Labute approximate surface area is 171 Å². The third-order valence-electron chi connectivity index (χ3n) is 5.31. The summed E-state index contributed by atoms with van der Waals surface area (Å²) in [4.78, 5) is 0. The van der Waals surface area contributed by atoms with E-state index in [4.69, 9.17) is 0 Å². The summed E-state index contributed by atoms with van der Waals surface area (Å²) in [5, 5.41) is 1.80. The van der Waals surface area contributed by atoms with E-state index in [-0.39, 0.29) is 32.7 Å². The fourth-order valence-corrected chi connectivity index (χ4v) is 15.6. The van der Waals surface area contributed by atoms with Gasteiger partial charge in [-0.3, -0.25) is 0 Å². The van der Waals surface area contributed by atoms with E-state index < -0.39 is 22.9 Å². The first-order valence-corrected chi connectivity index (χ1v) is 14.7. The third-order valence-corrected chi connectivity index (χ3v) is 14.7. The Morgan fingerprint density at radius 1 is 1.08 bits per heavy atom. The molecule has 0 heterocycles. The molecule has 126 valence electrons. The van der Waals surface area contributed by atoms with Crippen molar-refractivity contribution in [2.45, 2.75) is 26.6 Å². The van der Waals surface area contributed by atoms with Crippen LogP contribution in [0.5, 0.6) is 0 Å². The fourth-order valence-electron chi connectivity index (χ4n) is 4.16. The maximum absolute atomic E-state index is 2.54.